The molecule has 0 unspecified atom stereocenters. The Bertz CT molecular complexity index is 269. The van der Waals surface area contributed by atoms with Gasteiger partial charge in [-0.2, -0.15) is 0 Å². The van der Waals surface area contributed by atoms with E-state index in [9.17, 15) is 0 Å². The van der Waals surface area contributed by atoms with Crippen LogP contribution in [0, 0.1) is 5.41 Å². The average Bonchev–Trinajstić information content (AvgIpc) is 2.19. The fourth-order valence-electron chi connectivity index (χ4n) is 1.53. The molecule has 3 N–H and O–H groups in total. The normalized spacial score (nSPS) is 11.7. The van der Waals surface area contributed by atoms with Crippen LogP contribution in [0.15, 0.2) is 24.5 Å². The van der Waals surface area contributed by atoms with Crippen molar-refractivity contribution in [1.82, 2.24) is 10.3 Å². The number of nitrogens with zero attached hydrogens (tertiary/aromatic N) is 1. The van der Waals surface area contributed by atoms with Crippen molar-refractivity contribution in [3.63, 3.8) is 0 Å². The number of hydrogen-bond donors (Lipinski definition) is 2. The van der Waals surface area contributed by atoms with E-state index in [0.717, 1.165) is 26.1 Å². The predicted molar refractivity (Wildman–Crippen MR) is 63.4 cm³/mol. The molecule has 0 aliphatic carbocycles. The number of hydrogen-bond acceptors (Lipinski definition) is 3. The Morgan fingerprint density at radius 1 is 1.47 bits per heavy atom. The first-order chi connectivity index (χ1) is 7.14. The molecule has 1 heterocycles. The topological polar surface area (TPSA) is 50.9 Å². The Labute approximate surface area is 92.1 Å². The summed E-state index contributed by atoms with van der Waals surface area (Å²) in [5.74, 6) is 0. The standard InChI is InChI=1S/C12H21N3/c1-12(2,5-6-13)10-15-9-11-4-3-7-14-8-11/h3-4,7-8,15H,5-6,9-10,13H2,1-2H3. The molecule has 84 valence electrons. The van der Waals surface area contributed by atoms with Gasteiger partial charge in [0.25, 0.3) is 0 Å². The molecule has 0 spiro atoms. The van der Waals surface area contributed by atoms with Crippen LogP contribution in [0.25, 0.3) is 0 Å². The highest BCUT2D eigenvalue weighted by Gasteiger charge is 2.15. The summed E-state index contributed by atoms with van der Waals surface area (Å²) < 4.78 is 0. The molecule has 0 saturated carbocycles. The fraction of sp³-hybridized carbons (Fsp3) is 0.583. The monoisotopic (exact) mass is 207 g/mol. The number of nitrogens with one attached hydrogen (secondary N) is 1. The van der Waals surface area contributed by atoms with Crippen LogP contribution >= 0.6 is 0 Å². The number of pyridine rings is 1. The third-order valence-corrected chi connectivity index (χ3v) is 2.48. The predicted octanol–water partition coefficient (Wildman–Crippen LogP) is 1.55. The second-order valence-electron chi connectivity index (χ2n) is 4.67. The largest absolute Gasteiger partial charge is 0.330 e. The maximum absolute atomic E-state index is 5.56. The summed E-state index contributed by atoms with van der Waals surface area (Å²) >= 11 is 0. The zero-order valence-electron chi connectivity index (χ0n) is 9.66. The third kappa shape index (κ3) is 4.91. The molecule has 0 fully saturated rings. The Morgan fingerprint density at radius 2 is 2.27 bits per heavy atom. The molecule has 0 radical (unpaired) electrons. The SMILES string of the molecule is CC(C)(CCN)CNCc1cccnc1. The van der Waals surface area contributed by atoms with Gasteiger partial charge in [-0.1, -0.05) is 19.9 Å². The molecule has 0 amide bonds. The second-order valence-corrected chi connectivity index (χ2v) is 4.67. The van der Waals surface area contributed by atoms with Gasteiger partial charge >= 0.3 is 0 Å². The summed E-state index contributed by atoms with van der Waals surface area (Å²) in [6.07, 6.45) is 4.73. The van der Waals surface area contributed by atoms with Crippen molar-refractivity contribution in [3.8, 4) is 0 Å². The van der Waals surface area contributed by atoms with Crippen molar-refractivity contribution < 1.29 is 0 Å². The van der Waals surface area contributed by atoms with Gasteiger partial charge in [-0.15, -0.1) is 0 Å². The van der Waals surface area contributed by atoms with E-state index in [2.05, 4.69) is 30.2 Å². The van der Waals surface area contributed by atoms with E-state index < -0.39 is 0 Å². The molecule has 3 nitrogen and oxygen atoms in total. The first kappa shape index (κ1) is 12.1. The molecule has 15 heavy (non-hydrogen) atoms. The van der Waals surface area contributed by atoms with Crippen molar-refractivity contribution in [2.75, 3.05) is 13.1 Å². The molecule has 1 aromatic rings. The molecule has 3 heteroatoms. The van der Waals surface area contributed by atoms with Crippen LogP contribution in [0.5, 0.6) is 0 Å². The van der Waals surface area contributed by atoms with Gasteiger partial charge in [0.1, 0.15) is 0 Å². The van der Waals surface area contributed by atoms with E-state index in [1.807, 2.05) is 12.3 Å². The van der Waals surface area contributed by atoms with E-state index in [4.69, 9.17) is 5.73 Å². The third-order valence-electron chi connectivity index (χ3n) is 2.48. The Morgan fingerprint density at radius 3 is 2.87 bits per heavy atom. The highest BCUT2D eigenvalue weighted by molar-refractivity contribution is 5.07. The van der Waals surface area contributed by atoms with Crippen LogP contribution in [0.4, 0.5) is 0 Å². The van der Waals surface area contributed by atoms with Gasteiger partial charge < -0.3 is 11.1 Å². The van der Waals surface area contributed by atoms with Crippen molar-refractivity contribution in [3.05, 3.63) is 30.1 Å². The van der Waals surface area contributed by atoms with Gasteiger partial charge in [0.15, 0.2) is 0 Å². The first-order valence-electron chi connectivity index (χ1n) is 5.44. The van der Waals surface area contributed by atoms with Crippen molar-refractivity contribution in [2.45, 2.75) is 26.8 Å². The van der Waals surface area contributed by atoms with Crippen molar-refractivity contribution >= 4 is 0 Å². The summed E-state index contributed by atoms with van der Waals surface area (Å²) in [4.78, 5) is 4.08. The molecule has 0 aromatic carbocycles. The van der Waals surface area contributed by atoms with Gasteiger partial charge in [0, 0.05) is 25.5 Å². The molecular weight excluding hydrogens is 186 g/mol. The molecule has 0 aliphatic heterocycles. The quantitative estimate of drug-likeness (QED) is 0.744. The minimum absolute atomic E-state index is 0.275. The molecule has 1 rings (SSSR count). The van der Waals surface area contributed by atoms with Gasteiger partial charge in [-0.05, 0) is 30.0 Å². The smallest absolute Gasteiger partial charge is 0.0312 e. The molecule has 1 aromatic heterocycles. The fourth-order valence-corrected chi connectivity index (χ4v) is 1.53. The zero-order chi connectivity index (χ0) is 11.1. The zero-order valence-corrected chi connectivity index (χ0v) is 9.66. The van der Waals surface area contributed by atoms with E-state index in [-0.39, 0.29) is 5.41 Å². The van der Waals surface area contributed by atoms with Gasteiger partial charge in [0.05, 0.1) is 0 Å². The van der Waals surface area contributed by atoms with Crippen molar-refractivity contribution in [2.24, 2.45) is 11.1 Å². The number of nitrogens with two attached hydrogens (primary N) is 1. The summed E-state index contributed by atoms with van der Waals surface area (Å²) in [5.41, 5.74) is 7.06. The van der Waals surface area contributed by atoms with Crippen LogP contribution in [0.3, 0.4) is 0 Å². The van der Waals surface area contributed by atoms with E-state index >= 15 is 0 Å². The van der Waals surface area contributed by atoms with Gasteiger partial charge in [-0.25, -0.2) is 0 Å². The molecule has 0 saturated heterocycles. The average molecular weight is 207 g/mol. The van der Waals surface area contributed by atoms with Gasteiger partial charge in [-0.3, -0.25) is 4.98 Å². The highest BCUT2D eigenvalue weighted by atomic mass is 14.9. The minimum Gasteiger partial charge on any atom is -0.330 e. The molecular formula is C12H21N3. The lowest BCUT2D eigenvalue weighted by atomic mass is 9.89. The van der Waals surface area contributed by atoms with Crippen LogP contribution in [-0.2, 0) is 6.54 Å². The lowest BCUT2D eigenvalue weighted by Crippen LogP contribution is -2.31. The van der Waals surface area contributed by atoms with Crippen LogP contribution in [-0.4, -0.2) is 18.1 Å². The molecule has 0 aliphatic rings. The van der Waals surface area contributed by atoms with Crippen molar-refractivity contribution in [1.29, 1.82) is 0 Å². The van der Waals surface area contributed by atoms with E-state index in [1.165, 1.54) is 5.56 Å². The number of aromatic nitrogens is 1. The lowest BCUT2D eigenvalue weighted by molar-refractivity contribution is 0.319. The summed E-state index contributed by atoms with van der Waals surface area (Å²) in [6, 6.07) is 4.04. The summed E-state index contributed by atoms with van der Waals surface area (Å²) in [6.45, 7) is 7.08. The first-order valence-corrected chi connectivity index (χ1v) is 5.44. The molecule has 0 atom stereocenters. The summed E-state index contributed by atoms with van der Waals surface area (Å²) in [7, 11) is 0. The Balaban J connectivity index is 2.27. The van der Waals surface area contributed by atoms with E-state index in [0.29, 0.717) is 0 Å². The van der Waals surface area contributed by atoms with Crippen LogP contribution in [0.2, 0.25) is 0 Å². The van der Waals surface area contributed by atoms with Crippen LogP contribution < -0.4 is 11.1 Å². The molecule has 0 bridgehead atoms. The Kier molecular flexibility index (Phi) is 4.72. The minimum atomic E-state index is 0.275. The van der Waals surface area contributed by atoms with Gasteiger partial charge in [0.2, 0.25) is 0 Å². The number of rotatable bonds is 6. The second kappa shape index (κ2) is 5.83. The Hall–Kier alpha value is -0.930. The lowest BCUT2D eigenvalue weighted by Gasteiger charge is -2.24. The maximum Gasteiger partial charge on any atom is 0.0312 e. The summed E-state index contributed by atoms with van der Waals surface area (Å²) in [5, 5.41) is 3.43. The van der Waals surface area contributed by atoms with E-state index in [1.54, 1.807) is 6.20 Å². The maximum atomic E-state index is 5.56. The van der Waals surface area contributed by atoms with Crippen LogP contribution in [0.1, 0.15) is 25.8 Å². The highest BCUT2D eigenvalue weighted by Crippen LogP contribution is 2.17.